The van der Waals surface area contributed by atoms with Gasteiger partial charge in [0.15, 0.2) is 0 Å². The molecule has 25 heavy (non-hydrogen) atoms. The van der Waals surface area contributed by atoms with Gasteiger partial charge in [-0.15, -0.1) is 0 Å². The number of amides is 2. The van der Waals surface area contributed by atoms with E-state index in [4.69, 9.17) is 0 Å². The quantitative estimate of drug-likeness (QED) is 0.740. The molecular formula is C20H20FN3O. The highest BCUT2D eigenvalue weighted by Crippen LogP contribution is 2.29. The van der Waals surface area contributed by atoms with E-state index in [0.717, 1.165) is 18.5 Å². The molecule has 0 atom stereocenters. The van der Waals surface area contributed by atoms with Gasteiger partial charge in [-0.25, -0.2) is 9.18 Å². The average Bonchev–Trinajstić information content (AvgIpc) is 2.85. The smallest absolute Gasteiger partial charge is 0.322 e. The Hall–Kier alpha value is -2.82. The Kier molecular flexibility index (Phi) is 3.92. The highest BCUT2D eigenvalue weighted by atomic mass is 19.1. The first-order valence-electron chi connectivity index (χ1n) is 8.57. The maximum Gasteiger partial charge on any atom is 0.322 e. The van der Waals surface area contributed by atoms with Crippen molar-refractivity contribution >= 4 is 22.6 Å². The average molecular weight is 337 g/mol. The van der Waals surface area contributed by atoms with Gasteiger partial charge in [0.25, 0.3) is 0 Å². The molecule has 2 amide bonds. The summed E-state index contributed by atoms with van der Waals surface area (Å²) >= 11 is 0. The fraction of sp³-hybridized carbons (Fsp3) is 0.250. The number of hydrogen-bond donors (Lipinski definition) is 1. The lowest BCUT2D eigenvalue weighted by atomic mass is 10.1. The maximum atomic E-state index is 13.3. The van der Waals surface area contributed by atoms with E-state index in [1.54, 1.807) is 17.0 Å². The van der Waals surface area contributed by atoms with Gasteiger partial charge >= 0.3 is 6.03 Å². The van der Waals surface area contributed by atoms with Crippen molar-refractivity contribution in [3.05, 3.63) is 65.6 Å². The second-order valence-electron chi connectivity index (χ2n) is 6.36. The molecule has 1 aliphatic rings. The van der Waals surface area contributed by atoms with Crippen molar-refractivity contribution in [2.45, 2.75) is 26.4 Å². The minimum atomic E-state index is -0.358. The van der Waals surface area contributed by atoms with Crippen molar-refractivity contribution in [2.75, 3.05) is 11.9 Å². The molecule has 4 rings (SSSR count). The molecule has 1 aliphatic heterocycles. The second kappa shape index (κ2) is 6.24. The predicted molar refractivity (Wildman–Crippen MR) is 97.1 cm³/mol. The van der Waals surface area contributed by atoms with Gasteiger partial charge in [0, 0.05) is 42.4 Å². The second-order valence-corrected chi connectivity index (χ2v) is 6.36. The Morgan fingerprint density at radius 2 is 2.04 bits per heavy atom. The molecule has 4 nitrogen and oxygen atoms in total. The summed E-state index contributed by atoms with van der Waals surface area (Å²) in [6.07, 6.45) is 3.01. The summed E-state index contributed by atoms with van der Waals surface area (Å²) in [6.45, 7) is 4.27. The van der Waals surface area contributed by atoms with Crippen LogP contribution in [-0.4, -0.2) is 22.0 Å². The highest BCUT2D eigenvalue weighted by molar-refractivity contribution is 5.91. The van der Waals surface area contributed by atoms with Crippen LogP contribution in [0.1, 0.15) is 18.1 Å². The van der Waals surface area contributed by atoms with Gasteiger partial charge in [-0.2, -0.15) is 0 Å². The van der Waals surface area contributed by atoms with E-state index < -0.39 is 0 Å². The van der Waals surface area contributed by atoms with E-state index in [-0.39, 0.29) is 11.8 Å². The summed E-state index contributed by atoms with van der Waals surface area (Å²) in [4.78, 5) is 14.4. The van der Waals surface area contributed by atoms with Crippen LogP contribution >= 0.6 is 0 Å². The van der Waals surface area contributed by atoms with E-state index in [1.807, 2.05) is 6.07 Å². The van der Waals surface area contributed by atoms with Gasteiger partial charge in [-0.3, -0.25) is 0 Å². The highest BCUT2D eigenvalue weighted by Gasteiger charge is 2.22. The molecule has 0 fully saturated rings. The molecule has 0 aliphatic carbocycles. The normalized spacial score (nSPS) is 13.8. The van der Waals surface area contributed by atoms with Crippen LogP contribution in [0.2, 0.25) is 0 Å². The van der Waals surface area contributed by atoms with E-state index in [9.17, 15) is 9.18 Å². The number of carbonyl (C=O) groups excluding carboxylic acids is 1. The van der Waals surface area contributed by atoms with E-state index in [2.05, 4.69) is 35.1 Å². The molecular weight excluding hydrogens is 317 g/mol. The van der Waals surface area contributed by atoms with Crippen molar-refractivity contribution in [1.82, 2.24) is 9.47 Å². The first kappa shape index (κ1) is 15.7. The predicted octanol–water partition coefficient (Wildman–Crippen LogP) is 4.39. The van der Waals surface area contributed by atoms with Gasteiger partial charge in [0.2, 0.25) is 0 Å². The third-order valence-corrected chi connectivity index (χ3v) is 4.79. The number of rotatable bonds is 2. The van der Waals surface area contributed by atoms with Crippen molar-refractivity contribution in [3.8, 4) is 0 Å². The number of urea groups is 1. The molecule has 0 saturated heterocycles. The molecule has 0 radical (unpaired) electrons. The zero-order valence-corrected chi connectivity index (χ0v) is 14.1. The summed E-state index contributed by atoms with van der Waals surface area (Å²) in [5, 5.41) is 4.06. The third-order valence-electron chi connectivity index (χ3n) is 4.79. The standard InChI is InChI=1S/C20H20FN3O/c1-2-23-12-15-9-10-24(13-14-5-3-8-18(23)19(14)15)20(25)22-17-7-4-6-16(21)11-17/h3-8,11-12H,2,9-10,13H2,1H3,(H,22,25). The Morgan fingerprint density at radius 3 is 2.84 bits per heavy atom. The van der Waals surface area contributed by atoms with E-state index >= 15 is 0 Å². The van der Waals surface area contributed by atoms with Crippen LogP contribution in [0, 0.1) is 5.82 Å². The monoisotopic (exact) mass is 337 g/mol. The molecule has 1 N–H and O–H groups in total. The topological polar surface area (TPSA) is 37.3 Å². The molecule has 0 spiro atoms. The first-order valence-corrected chi connectivity index (χ1v) is 8.57. The van der Waals surface area contributed by atoms with Crippen LogP contribution < -0.4 is 5.32 Å². The molecule has 128 valence electrons. The van der Waals surface area contributed by atoms with Crippen LogP contribution in [-0.2, 0) is 19.5 Å². The van der Waals surface area contributed by atoms with Crippen LogP contribution in [0.3, 0.4) is 0 Å². The summed E-state index contributed by atoms with van der Waals surface area (Å²) in [6, 6.07) is 12.0. The zero-order valence-electron chi connectivity index (χ0n) is 14.1. The SMILES string of the molecule is CCn1cc2c3c(cccc31)CN(C(=O)Nc1cccc(F)c1)CC2. The Morgan fingerprint density at radius 1 is 1.20 bits per heavy atom. The lowest BCUT2D eigenvalue weighted by molar-refractivity contribution is 0.210. The number of carbonyl (C=O) groups is 1. The number of benzene rings is 2. The molecule has 1 aromatic heterocycles. The minimum absolute atomic E-state index is 0.198. The minimum Gasteiger partial charge on any atom is -0.347 e. The molecule has 0 unspecified atom stereocenters. The Balaban J connectivity index is 1.61. The molecule has 2 heterocycles. The van der Waals surface area contributed by atoms with Crippen LogP contribution in [0.25, 0.3) is 10.9 Å². The van der Waals surface area contributed by atoms with Crippen molar-refractivity contribution in [3.63, 3.8) is 0 Å². The lowest BCUT2D eigenvalue weighted by Gasteiger charge is -2.22. The molecule has 5 heteroatoms. The fourth-order valence-corrected chi connectivity index (χ4v) is 3.58. The Bertz CT molecular complexity index is 947. The molecule has 2 aromatic carbocycles. The Labute approximate surface area is 145 Å². The summed E-state index contributed by atoms with van der Waals surface area (Å²) < 4.78 is 15.6. The molecule has 3 aromatic rings. The van der Waals surface area contributed by atoms with Gasteiger partial charge in [-0.1, -0.05) is 18.2 Å². The number of anilines is 1. The third kappa shape index (κ3) is 2.86. The van der Waals surface area contributed by atoms with Gasteiger partial charge in [-0.05, 0) is 48.7 Å². The first-order chi connectivity index (χ1) is 12.2. The number of aromatic nitrogens is 1. The number of nitrogens with zero attached hydrogens (tertiary/aromatic N) is 2. The van der Waals surface area contributed by atoms with E-state index in [0.29, 0.717) is 18.8 Å². The number of hydrogen-bond acceptors (Lipinski definition) is 1. The van der Waals surface area contributed by atoms with Crippen molar-refractivity contribution in [1.29, 1.82) is 0 Å². The van der Waals surface area contributed by atoms with Crippen molar-refractivity contribution in [2.24, 2.45) is 0 Å². The number of nitrogens with one attached hydrogen (secondary N) is 1. The molecule has 0 bridgehead atoms. The molecule has 0 saturated carbocycles. The summed E-state index contributed by atoms with van der Waals surface area (Å²) in [5.41, 5.74) is 4.14. The summed E-state index contributed by atoms with van der Waals surface area (Å²) in [5.74, 6) is -0.358. The number of halogens is 1. The van der Waals surface area contributed by atoms with Gasteiger partial charge in [0.1, 0.15) is 5.82 Å². The lowest BCUT2D eigenvalue weighted by Crippen LogP contribution is -2.35. The van der Waals surface area contributed by atoms with Gasteiger partial charge in [0.05, 0.1) is 0 Å². The van der Waals surface area contributed by atoms with Crippen LogP contribution in [0.4, 0.5) is 14.9 Å². The van der Waals surface area contributed by atoms with Gasteiger partial charge < -0.3 is 14.8 Å². The summed E-state index contributed by atoms with van der Waals surface area (Å²) in [7, 11) is 0. The van der Waals surface area contributed by atoms with E-state index in [1.165, 1.54) is 28.6 Å². The van der Waals surface area contributed by atoms with Crippen LogP contribution in [0.5, 0.6) is 0 Å². The zero-order chi connectivity index (χ0) is 17.4. The maximum absolute atomic E-state index is 13.3. The van der Waals surface area contributed by atoms with Crippen LogP contribution in [0.15, 0.2) is 48.7 Å². The largest absolute Gasteiger partial charge is 0.347 e. The van der Waals surface area contributed by atoms with Crippen molar-refractivity contribution < 1.29 is 9.18 Å². The fourth-order valence-electron chi connectivity index (χ4n) is 3.58. The number of aryl methyl sites for hydroxylation is 1.